The quantitative estimate of drug-likeness (QED) is 0.627. The Morgan fingerprint density at radius 1 is 0.875 bits per heavy atom. The van der Waals surface area contributed by atoms with Gasteiger partial charge in [0.1, 0.15) is 11.5 Å². The number of ether oxygens (including phenoxy) is 1. The fourth-order valence-electron chi connectivity index (χ4n) is 1.36. The molecule has 2 N–H and O–H groups in total. The van der Waals surface area contributed by atoms with Crippen LogP contribution in [0.1, 0.15) is 10.9 Å². The monoisotopic (exact) mass is 231 g/mol. The number of hydrogen-bond donors (Lipinski definition) is 2. The van der Waals surface area contributed by atoms with Gasteiger partial charge in [-0.05, 0) is 29.8 Å². The van der Waals surface area contributed by atoms with Crippen LogP contribution in [-0.2, 0) is 0 Å². The molecule has 0 aromatic heterocycles. The van der Waals surface area contributed by atoms with Gasteiger partial charge in [0.2, 0.25) is 0 Å². The number of para-hydroxylation sites is 1. The van der Waals surface area contributed by atoms with E-state index in [4.69, 9.17) is 10.5 Å². The summed E-state index contributed by atoms with van der Waals surface area (Å²) in [5.74, 6) is 1.62. The van der Waals surface area contributed by atoms with Crippen LogP contribution in [0.4, 0.5) is 0 Å². The second-order valence-corrected chi connectivity index (χ2v) is 3.99. The van der Waals surface area contributed by atoms with E-state index < -0.39 is 0 Å². The van der Waals surface area contributed by atoms with Crippen LogP contribution in [0.25, 0.3) is 0 Å². The van der Waals surface area contributed by atoms with Gasteiger partial charge in [0.05, 0.1) is 5.37 Å². The summed E-state index contributed by atoms with van der Waals surface area (Å²) in [4.78, 5) is 0. The minimum absolute atomic E-state index is 0.245. The van der Waals surface area contributed by atoms with Crippen molar-refractivity contribution < 1.29 is 4.74 Å². The second-order valence-electron chi connectivity index (χ2n) is 3.43. The van der Waals surface area contributed by atoms with Gasteiger partial charge in [0.15, 0.2) is 0 Å². The van der Waals surface area contributed by atoms with Crippen LogP contribution in [0.15, 0.2) is 54.6 Å². The lowest BCUT2D eigenvalue weighted by Gasteiger charge is -2.08. The lowest BCUT2D eigenvalue weighted by Crippen LogP contribution is -2.01. The Morgan fingerprint density at radius 3 is 2.00 bits per heavy atom. The summed E-state index contributed by atoms with van der Waals surface area (Å²) in [5, 5.41) is -0.245. The van der Waals surface area contributed by atoms with Crippen LogP contribution in [0.2, 0.25) is 0 Å². The van der Waals surface area contributed by atoms with Gasteiger partial charge in [-0.3, -0.25) is 0 Å². The van der Waals surface area contributed by atoms with Gasteiger partial charge in [0, 0.05) is 0 Å². The molecule has 0 bridgehead atoms. The first kappa shape index (κ1) is 11.0. The molecule has 0 heterocycles. The summed E-state index contributed by atoms with van der Waals surface area (Å²) in [6, 6.07) is 17.3. The van der Waals surface area contributed by atoms with Crippen molar-refractivity contribution in [2.45, 2.75) is 5.37 Å². The van der Waals surface area contributed by atoms with Crippen LogP contribution in [0.5, 0.6) is 11.5 Å². The van der Waals surface area contributed by atoms with Crippen molar-refractivity contribution in [1.82, 2.24) is 0 Å². The molecule has 0 aliphatic heterocycles. The average Bonchev–Trinajstić information content (AvgIpc) is 2.31. The number of rotatable bonds is 3. The van der Waals surface area contributed by atoms with Gasteiger partial charge in [-0.25, -0.2) is 0 Å². The Balaban J connectivity index is 2.11. The summed E-state index contributed by atoms with van der Waals surface area (Å²) < 4.78 is 5.65. The number of hydrogen-bond acceptors (Lipinski definition) is 3. The molecule has 82 valence electrons. The van der Waals surface area contributed by atoms with Gasteiger partial charge in [0.25, 0.3) is 0 Å². The summed E-state index contributed by atoms with van der Waals surface area (Å²) >= 11 is 4.16. The van der Waals surface area contributed by atoms with Gasteiger partial charge >= 0.3 is 0 Å². The van der Waals surface area contributed by atoms with Crippen molar-refractivity contribution >= 4 is 12.6 Å². The standard InChI is InChI=1S/C13H13NOS/c14-13(16)10-6-8-12(9-7-10)15-11-4-2-1-3-5-11/h1-9,13,16H,14H2. The van der Waals surface area contributed by atoms with E-state index in [0.717, 1.165) is 17.1 Å². The molecule has 0 saturated carbocycles. The predicted octanol–water partition coefficient (Wildman–Crippen LogP) is 3.37. The topological polar surface area (TPSA) is 35.2 Å². The summed E-state index contributed by atoms with van der Waals surface area (Å²) in [6.45, 7) is 0. The van der Waals surface area contributed by atoms with E-state index in [2.05, 4.69) is 12.6 Å². The highest BCUT2D eigenvalue weighted by Crippen LogP contribution is 2.23. The van der Waals surface area contributed by atoms with Crippen molar-refractivity contribution in [3.8, 4) is 11.5 Å². The fraction of sp³-hybridized carbons (Fsp3) is 0.0769. The zero-order valence-electron chi connectivity index (χ0n) is 8.71. The molecule has 0 amide bonds. The van der Waals surface area contributed by atoms with Crippen molar-refractivity contribution in [2.75, 3.05) is 0 Å². The maximum atomic E-state index is 5.65. The summed E-state index contributed by atoms with van der Waals surface area (Å²) in [6.07, 6.45) is 0. The second kappa shape index (κ2) is 5.05. The molecule has 1 atom stereocenters. The Kier molecular flexibility index (Phi) is 3.49. The third-order valence-electron chi connectivity index (χ3n) is 2.20. The first-order valence-corrected chi connectivity index (χ1v) is 5.54. The normalized spacial score (nSPS) is 12.1. The van der Waals surface area contributed by atoms with Crippen LogP contribution < -0.4 is 10.5 Å². The minimum atomic E-state index is -0.245. The first-order valence-electron chi connectivity index (χ1n) is 5.02. The van der Waals surface area contributed by atoms with Crippen LogP contribution in [-0.4, -0.2) is 0 Å². The fourth-order valence-corrected chi connectivity index (χ4v) is 1.53. The van der Waals surface area contributed by atoms with Gasteiger partial charge < -0.3 is 10.5 Å². The third-order valence-corrected chi connectivity index (χ3v) is 2.50. The molecule has 0 fully saturated rings. The molecule has 0 aliphatic rings. The number of nitrogens with two attached hydrogens (primary N) is 1. The largest absolute Gasteiger partial charge is 0.457 e. The molecule has 16 heavy (non-hydrogen) atoms. The highest BCUT2D eigenvalue weighted by Gasteiger charge is 2.00. The maximum Gasteiger partial charge on any atom is 0.127 e. The highest BCUT2D eigenvalue weighted by atomic mass is 32.1. The van der Waals surface area contributed by atoms with Gasteiger partial charge in [-0.15, -0.1) is 0 Å². The molecule has 2 nitrogen and oxygen atoms in total. The Bertz CT molecular complexity index is 439. The SMILES string of the molecule is NC(S)c1ccc(Oc2ccccc2)cc1. The maximum absolute atomic E-state index is 5.65. The third kappa shape index (κ3) is 2.78. The van der Waals surface area contributed by atoms with Gasteiger partial charge in [-0.2, -0.15) is 12.6 Å². The summed E-state index contributed by atoms with van der Waals surface area (Å²) in [5.41, 5.74) is 6.62. The van der Waals surface area contributed by atoms with E-state index in [1.54, 1.807) is 0 Å². The van der Waals surface area contributed by atoms with Gasteiger partial charge in [-0.1, -0.05) is 30.3 Å². The Labute approximate surface area is 100 Å². The van der Waals surface area contributed by atoms with E-state index in [-0.39, 0.29) is 5.37 Å². The smallest absolute Gasteiger partial charge is 0.127 e. The zero-order chi connectivity index (χ0) is 11.4. The Hall–Kier alpha value is -1.45. The van der Waals surface area contributed by atoms with E-state index >= 15 is 0 Å². The molecular weight excluding hydrogens is 218 g/mol. The minimum Gasteiger partial charge on any atom is -0.457 e. The van der Waals surface area contributed by atoms with Crippen LogP contribution in [0.3, 0.4) is 0 Å². The van der Waals surface area contributed by atoms with E-state index in [1.165, 1.54) is 0 Å². The molecular formula is C13H13NOS. The average molecular weight is 231 g/mol. The molecule has 2 aromatic carbocycles. The summed E-state index contributed by atoms with van der Waals surface area (Å²) in [7, 11) is 0. The van der Waals surface area contributed by atoms with E-state index in [9.17, 15) is 0 Å². The van der Waals surface area contributed by atoms with E-state index in [0.29, 0.717) is 0 Å². The van der Waals surface area contributed by atoms with Crippen LogP contribution >= 0.6 is 12.6 Å². The molecule has 1 unspecified atom stereocenters. The van der Waals surface area contributed by atoms with Crippen molar-refractivity contribution in [3.05, 3.63) is 60.2 Å². The van der Waals surface area contributed by atoms with Crippen molar-refractivity contribution in [1.29, 1.82) is 0 Å². The Morgan fingerprint density at radius 2 is 1.44 bits per heavy atom. The molecule has 0 spiro atoms. The van der Waals surface area contributed by atoms with Crippen molar-refractivity contribution in [2.24, 2.45) is 5.73 Å². The molecule has 2 rings (SSSR count). The molecule has 3 heteroatoms. The number of thiol groups is 1. The lowest BCUT2D eigenvalue weighted by atomic mass is 10.2. The lowest BCUT2D eigenvalue weighted by molar-refractivity contribution is 0.482. The predicted molar refractivity (Wildman–Crippen MR) is 68.9 cm³/mol. The first-order chi connectivity index (χ1) is 7.75. The molecule has 2 aromatic rings. The molecule has 0 aliphatic carbocycles. The van der Waals surface area contributed by atoms with E-state index in [1.807, 2.05) is 54.6 Å². The number of benzene rings is 2. The molecule has 0 saturated heterocycles. The highest BCUT2D eigenvalue weighted by molar-refractivity contribution is 7.80. The zero-order valence-corrected chi connectivity index (χ0v) is 9.60. The van der Waals surface area contributed by atoms with Crippen molar-refractivity contribution in [3.63, 3.8) is 0 Å². The molecule has 0 radical (unpaired) electrons. The van der Waals surface area contributed by atoms with Crippen LogP contribution in [0, 0.1) is 0 Å².